The molecule has 7 rings (SSSR count). The van der Waals surface area contributed by atoms with Crippen LogP contribution in [0.5, 0.6) is 0 Å². The quantitative estimate of drug-likeness (QED) is 0.244. The summed E-state index contributed by atoms with van der Waals surface area (Å²) in [6.07, 6.45) is 0. The third kappa shape index (κ3) is 2.98. The van der Waals surface area contributed by atoms with Gasteiger partial charge in [0.05, 0.1) is 11.2 Å². The van der Waals surface area contributed by atoms with Gasteiger partial charge in [-0.25, -0.2) is 9.97 Å². The maximum atomic E-state index is 6.52. The molecule has 0 amide bonds. The van der Waals surface area contributed by atoms with Crippen molar-refractivity contribution in [3.63, 3.8) is 0 Å². The largest absolute Gasteiger partial charge is 0.455 e. The van der Waals surface area contributed by atoms with Crippen LogP contribution >= 0.6 is 11.6 Å². The van der Waals surface area contributed by atoms with Crippen LogP contribution in [0.3, 0.4) is 0 Å². The summed E-state index contributed by atoms with van der Waals surface area (Å²) in [6, 6.07) is 35.3. The highest BCUT2D eigenvalue weighted by Gasteiger charge is 2.19. The van der Waals surface area contributed by atoms with Crippen molar-refractivity contribution in [1.82, 2.24) is 9.97 Å². The Hall–Kier alpha value is -4.21. The molecule has 0 aliphatic heterocycles. The Morgan fingerprint density at radius 1 is 0.588 bits per heavy atom. The molecular weight excluding hydrogens is 440 g/mol. The van der Waals surface area contributed by atoms with E-state index >= 15 is 0 Å². The van der Waals surface area contributed by atoms with Crippen molar-refractivity contribution in [2.75, 3.05) is 0 Å². The fourth-order valence-corrected chi connectivity index (χ4v) is 4.97. The van der Waals surface area contributed by atoms with Gasteiger partial charge in [-0.2, -0.15) is 0 Å². The topological polar surface area (TPSA) is 38.9 Å². The van der Waals surface area contributed by atoms with Crippen molar-refractivity contribution in [3.05, 3.63) is 108 Å². The second-order valence-electron chi connectivity index (χ2n) is 8.42. The molecule has 4 heteroatoms. The van der Waals surface area contributed by atoms with Crippen molar-refractivity contribution in [2.24, 2.45) is 0 Å². The highest BCUT2D eigenvalue weighted by molar-refractivity contribution is 6.29. The highest BCUT2D eigenvalue weighted by atomic mass is 35.5. The average molecular weight is 457 g/mol. The van der Waals surface area contributed by atoms with E-state index in [4.69, 9.17) is 16.0 Å². The van der Waals surface area contributed by atoms with E-state index in [1.807, 2.05) is 36.4 Å². The Bertz CT molecular complexity index is 1870. The van der Waals surface area contributed by atoms with Gasteiger partial charge >= 0.3 is 0 Å². The standard InChI is InChI=1S/C30H17ClN2O/c31-30-32-26-13-7-6-12-22(26)28(33-30)25-16-21(18-8-2-1-3-9-18)15-24-23-14-19-10-4-5-11-20(19)17-27(23)34-29(24)25/h1-17H. The molecule has 0 aliphatic rings. The molecule has 2 aromatic heterocycles. The lowest BCUT2D eigenvalue weighted by Gasteiger charge is -2.10. The highest BCUT2D eigenvalue weighted by Crippen LogP contribution is 2.41. The van der Waals surface area contributed by atoms with E-state index in [2.05, 4.69) is 76.7 Å². The molecule has 0 saturated carbocycles. The number of fused-ring (bicyclic) bond motifs is 5. The number of hydrogen-bond donors (Lipinski definition) is 0. The lowest BCUT2D eigenvalue weighted by Crippen LogP contribution is -1.92. The molecule has 0 N–H and O–H groups in total. The van der Waals surface area contributed by atoms with Gasteiger partial charge in [-0.05, 0) is 63.8 Å². The van der Waals surface area contributed by atoms with E-state index in [0.29, 0.717) is 0 Å². The molecule has 0 fully saturated rings. The zero-order valence-electron chi connectivity index (χ0n) is 18.0. The summed E-state index contributed by atoms with van der Waals surface area (Å²) in [5.74, 6) is 0. The SMILES string of the molecule is Clc1nc(-c2cc(-c3ccccc3)cc3c2oc2cc4ccccc4cc23)c2ccccc2n1. The van der Waals surface area contributed by atoms with Gasteiger partial charge in [0.1, 0.15) is 11.2 Å². The van der Waals surface area contributed by atoms with Crippen LogP contribution in [0.4, 0.5) is 0 Å². The van der Waals surface area contributed by atoms with Crippen LogP contribution in [0.25, 0.3) is 66.0 Å². The van der Waals surface area contributed by atoms with Gasteiger partial charge in [0.15, 0.2) is 0 Å². The van der Waals surface area contributed by atoms with Gasteiger partial charge in [-0.15, -0.1) is 0 Å². The van der Waals surface area contributed by atoms with Crippen LogP contribution in [0.15, 0.2) is 108 Å². The Balaban J connectivity index is 1.65. The second kappa shape index (κ2) is 7.41. The van der Waals surface area contributed by atoms with Crippen LogP contribution < -0.4 is 0 Å². The molecule has 0 atom stereocenters. The average Bonchev–Trinajstić information content (AvgIpc) is 3.24. The van der Waals surface area contributed by atoms with Gasteiger partial charge in [0, 0.05) is 21.7 Å². The van der Waals surface area contributed by atoms with Crippen LogP contribution in [-0.2, 0) is 0 Å². The zero-order valence-corrected chi connectivity index (χ0v) is 18.8. The first-order valence-corrected chi connectivity index (χ1v) is 11.5. The number of benzene rings is 5. The van der Waals surface area contributed by atoms with Gasteiger partial charge in [0.25, 0.3) is 0 Å². The zero-order chi connectivity index (χ0) is 22.6. The van der Waals surface area contributed by atoms with Gasteiger partial charge in [0.2, 0.25) is 5.28 Å². The van der Waals surface area contributed by atoms with Gasteiger partial charge in [-0.3, -0.25) is 0 Å². The van der Waals surface area contributed by atoms with E-state index in [-0.39, 0.29) is 5.28 Å². The minimum absolute atomic E-state index is 0.216. The van der Waals surface area contributed by atoms with Gasteiger partial charge in [-0.1, -0.05) is 72.8 Å². The number of para-hydroxylation sites is 1. The van der Waals surface area contributed by atoms with Crippen molar-refractivity contribution < 1.29 is 4.42 Å². The predicted molar refractivity (Wildman–Crippen MR) is 140 cm³/mol. The molecule has 0 bridgehead atoms. The maximum Gasteiger partial charge on any atom is 0.223 e. The molecule has 160 valence electrons. The Kier molecular flexibility index (Phi) is 4.20. The lowest BCUT2D eigenvalue weighted by atomic mass is 9.96. The summed E-state index contributed by atoms with van der Waals surface area (Å²) in [5, 5.41) is 5.61. The first-order chi connectivity index (χ1) is 16.7. The fraction of sp³-hybridized carbons (Fsp3) is 0. The van der Waals surface area contributed by atoms with E-state index < -0.39 is 0 Å². The molecular formula is C30H17ClN2O. The molecule has 0 radical (unpaired) electrons. The number of hydrogen-bond acceptors (Lipinski definition) is 3. The van der Waals surface area contributed by atoms with E-state index in [1.54, 1.807) is 0 Å². The Labute approximate surface area is 200 Å². The summed E-state index contributed by atoms with van der Waals surface area (Å²) in [6.45, 7) is 0. The van der Waals surface area contributed by atoms with Crippen LogP contribution in [-0.4, -0.2) is 9.97 Å². The summed E-state index contributed by atoms with van der Waals surface area (Å²) >= 11 is 6.38. The number of halogens is 1. The molecule has 0 spiro atoms. The summed E-state index contributed by atoms with van der Waals surface area (Å²) < 4.78 is 6.52. The lowest BCUT2D eigenvalue weighted by molar-refractivity contribution is 0.670. The molecule has 2 heterocycles. The normalized spacial score (nSPS) is 11.7. The fourth-order valence-electron chi connectivity index (χ4n) is 4.79. The molecule has 7 aromatic rings. The van der Waals surface area contributed by atoms with E-state index in [0.717, 1.165) is 60.6 Å². The molecule has 0 unspecified atom stereocenters. The summed E-state index contributed by atoms with van der Waals surface area (Å²) in [7, 11) is 0. The smallest absolute Gasteiger partial charge is 0.223 e. The molecule has 0 aliphatic carbocycles. The number of rotatable bonds is 2. The maximum absolute atomic E-state index is 6.52. The Morgan fingerprint density at radius 2 is 1.32 bits per heavy atom. The van der Waals surface area contributed by atoms with Gasteiger partial charge < -0.3 is 4.42 Å². The third-order valence-corrected chi connectivity index (χ3v) is 6.55. The van der Waals surface area contributed by atoms with Crippen LogP contribution in [0, 0.1) is 0 Å². The van der Waals surface area contributed by atoms with Crippen molar-refractivity contribution in [2.45, 2.75) is 0 Å². The first kappa shape index (κ1) is 19.3. The molecule has 34 heavy (non-hydrogen) atoms. The molecule has 5 aromatic carbocycles. The van der Waals surface area contributed by atoms with Crippen molar-refractivity contribution >= 4 is 55.2 Å². The van der Waals surface area contributed by atoms with Crippen LogP contribution in [0.2, 0.25) is 5.28 Å². The molecule has 0 saturated heterocycles. The van der Waals surface area contributed by atoms with Crippen molar-refractivity contribution in [1.29, 1.82) is 0 Å². The molecule has 3 nitrogen and oxygen atoms in total. The number of nitrogens with zero attached hydrogens (tertiary/aromatic N) is 2. The van der Waals surface area contributed by atoms with E-state index in [9.17, 15) is 0 Å². The summed E-state index contributed by atoms with van der Waals surface area (Å²) in [5.41, 5.74) is 6.34. The minimum Gasteiger partial charge on any atom is -0.455 e. The van der Waals surface area contributed by atoms with Crippen molar-refractivity contribution in [3.8, 4) is 22.4 Å². The predicted octanol–water partition coefficient (Wildman–Crippen LogP) is 8.67. The summed E-state index contributed by atoms with van der Waals surface area (Å²) in [4.78, 5) is 9.10. The minimum atomic E-state index is 0.216. The Morgan fingerprint density at radius 3 is 2.18 bits per heavy atom. The first-order valence-electron chi connectivity index (χ1n) is 11.1. The number of aromatic nitrogens is 2. The van der Waals surface area contributed by atoms with E-state index in [1.165, 1.54) is 5.39 Å². The monoisotopic (exact) mass is 456 g/mol. The second-order valence-corrected chi connectivity index (χ2v) is 8.76. The third-order valence-electron chi connectivity index (χ3n) is 6.38. The number of furan rings is 1. The van der Waals surface area contributed by atoms with Crippen LogP contribution in [0.1, 0.15) is 0 Å².